The minimum Gasteiger partial charge on any atom is -0.375 e. The Morgan fingerprint density at radius 1 is 1.38 bits per heavy atom. The number of ketones is 1. The maximum atomic E-state index is 12.2. The Kier molecular flexibility index (Phi) is 3.53. The number of anilines is 1. The summed E-state index contributed by atoms with van der Waals surface area (Å²) in [6, 6.07) is 6.31. The molecule has 21 heavy (non-hydrogen) atoms. The largest absolute Gasteiger partial charge is 0.375 e. The maximum absolute atomic E-state index is 12.2. The number of amides is 1. The quantitative estimate of drug-likeness (QED) is 0.840. The molecule has 7 heteroatoms. The van der Waals surface area contributed by atoms with Crippen molar-refractivity contribution in [3.8, 4) is 0 Å². The first kappa shape index (κ1) is 14.5. The Morgan fingerprint density at radius 2 is 2.14 bits per heavy atom. The third kappa shape index (κ3) is 2.36. The standard InChI is InChI=1S/C14H9Cl2NO3S/c15-7-4-8(16)12-9(5-7)17-13(19)14(12,20)6-10(18)11-2-1-3-21-11/h1-5,20H,6H2,(H,17,19). The number of thiophene rings is 1. The van der Waals surface area contributed by atoms with Gasteiger partial charge in [0.15, 0.2) is 11.4 Å². The molecule has 4 nitrogen and oxygen atoms in total. The van der Waals surface area contributed by atoms with Gasteiger partial charge < -0.3 is 10.4 Å². The van der Waals surface area contributed by atoms with Crippen molar-refractivity contribution < 1.29 is 14.7 Å². The second kappa shape index (κ2) is 5.10. The number of hydrogen-bond acceptors (Lipinski definition) is 4. The van der Waals surface area contributed by atoms with E-state index >= 15 is 0 Å². The highest BCUT2D eigenvalue weighted by Gasteiger charge is 2.48. The second-order valence-electron chi connectivity index (χ2n) is 4.70. The fourth-order valence-corrected chi connectivity index (χ4v) is 3.67. The summed E-state index contributed by atoms with van der Waals surface area (Å²) in [6.45, 7) is 0. The van der Waals surface area contributed by atoms with Crippen LogP contribution in [0, 0.1) is 0 Å². The monoisotopic (exact) mass is 341 g/mol. The van der Waals surface area contributed by atoms with Gasteiger partial charge in [0.25, 0.3) is 5.91 Å². The summed E-state index contributed by atoms with van der Waals surface area (Å²) in [7, 11) is 0. The average Bonchev–Trinajstić information content (AvgIpc) is 2.97. The van der Waals surface area contributed by atoms with E-state index in [9.17, 15) is 14.7 Å². The molecular weight excluding hydrogens is 333 g/mol. The number of carbonyl (C=O) groups excluding carboxylic acids is 2. The van der Waals surface area contributed by atoms with E-state index in [0.29, 0.717) is 15.6 Å². The minimum atomic E-state index is -1.97. The molecule has 0 saturated heterocycles. The van der Waals surface area contributed by atoms with Gasteiger partial charge in [0.1, 0.15) is 0 Å². The lowest BCUT2D eigenvalue weighted by atomic mass is 9.89. The molecule has 1 atom stereocenters. The summed E-state index contributed by atoms with van der Waals surface area (Å²) in [5.74, 6) is -0.993. The summed E-state index contributed by atoms with van der Waals surface area (Å²) >= 11 is 13.2. The Hall–Kier alpha value is -1.40. The molecule has 1 amide bonds. The minimum absolute atomic E-state index is 0.150. The second-order valence-corrected chi connectivity index (χ2v) is 6.49. The van der Waals surface area contributed by atoms with Crippen LogP contribution in [0.5, 0.6) is 0 Å². The van der Waals surface area contributed by atoms with Crippen molar-refractivity contribution in [3.05, 3.63) is 50.1 Å². The van der Waals surface area contributed by atoms with E-state index in [2.05, 4.69) is 5.32 Å². The molecule has 1 aliphatic rings. The SMILES string of the molecule is O=C(CC1(O)C(=O)Nc2cc(Cl)cc(Cl)c21)c1cccs1. The first-order valence-corrected chi connectivity index (χ1v) is 7.65. The number of carbonyl (C=O) groups is 2. The van der Waals surface area contributed by atoms with Gasteiger partial charge in [0.05, 0.1) is 22.0 Å². The van der Waals surface area contributed by atoms with Gasteiger partial charge in [-0.3, -0.25) is 9.59 Å². The molecule has 2 heterocycles. The molecule has 1 aromatic carbocycles. The molecule has 0 bridgehead atoms. The fourth-order valence-electron chi connectivity index (χ4n) is 2.36. The van der Waals surface area contributed by atoms with Gasteiger partial charge in [0.2, 0.25) is 0 Å². The number of halogens is 2. The van der Waals surface area contributed by atoms with Gasteiger partial charge in [-0.2, -0.15) is 0 Å². The predicted molar refractivity (Wildman–Crippen MR) is 82.3 cm³/mol. The van der Waals surface area contributed by atoms with Crippen molar-refractivity contribution >= 4 is 51.9 Å². The zero-order valence-corrected chi connectivity index (χ0v) is 12.9. The zero-order valence-electron chi connectivity index (χ0n) is 10.5. The number of rotatable bonds is 3. The Bertz CT molecular complexity index is 745. The molecule has 0 spiro atoms. The van der Waals surface area contributed by atoms with Gasteiger partial charge in [-0.15, -0.1) is 11.3 Å². The third-order valence-electron chi connectivity index (χ3n) is 3.30. The van der Waals surface area contributed by atoms with E-state index in [1.165, 1.54) is 23.5 Å². The van der Waals surface area contributed by atoms with Gasteiger partial charge in [0, 0.05) is 10.6 Å². The number of nitrogens with one attached hydrogen (secondary N) is 1. The lowest BCUT2D eigenvalue weighted by Gasteiger charge is -2.20. The van der Waals surface area contributed by atoms with E-state index in [-0.39, 0.29) is 22.8 Å². The van der Waals surface area contributed by atoms with Gasteiger partial charge in [-0.25, -0.2) is 0 Å². The van der Waals surface area contributed by atoms with Crippen molar-refractivity contribution in [2.24, 2.45) is 0 Å². The van der Waals surface area contributed by atoms with Crippen LogP contribution in [0.25, 0.3) is 0 Å². The molecule has 1 aromatic heterocycles. The lowest BCUT2D eigenvalue weighted by Crippen LogP contribution is -2.36. The summed E-state index contributed by atoms with van der Waals surface area (Å²) in [6.07, 6.45) is -0.367. The lowest BCUT2D eigenvalue weighted by molar-refractivity contribution is -0.133. The van der Waals surface area contributed by atoms with E-state index in [1.807, 2.05) is 0 Å². The summed E-state index contributed by atoms with van der Waals surface area (Å²) in [5, 5.41) is 15.5. The summed E-state index contributed by atoms with van der Waals surface area (Å²) in [4.78, 5) is 24.8. The Balaban J connectivity index is 2.03. The summed E-state index contributed by atoms with van der Waals surface area (Å²) < 4.78 is 0. The third-order valence-corrected chi connectivity index (χ3v) is 4.73. The van der Waals surface area contributed by atoms with E-state index in [4.69, 9.17) is 23.2 Å². The number of benzene rings is 1. The van der Waals surface area contributed by atoms with Crippen molar-refractivity contribution in [2.45, 2.75) is 12.0 Å². The normalized spacial score (nSPS) is 20.2. The molecule has 0 fully saturated rings. The zero-order chi connectivity index (χ0) is 15.2. The molecule has 108 valence electrons. The van der Waals surface area contributed by atoms with Crippen LogP contribution in [0.2, 0.25) is 10.0 Å². The molecule has 1 aliphatic heterocycles. The fraction of sp³-hybridized carbons (Fsp3) is 0.143. The first-order valence-electron chi connectivity index (χ1n) is 6.02. The molecule has 1 unspecified atom stereocenters. The van der Waals surface area contributed by atoms with Crippen molar-refractivity contribution in [3.63, 3.8) is 0 Å². The Labute approximate surface area is 134 Å². The van der Waals surface area contributed by atoms with Gasteiger partial charge >= 0.3 is 0 Å². The molecule has 0 saturated carbocycles. The van der Waals surface area contributed by atoms with Gasteiger partial charge in [-0.05, 0) is 23.6 Å². The smallest absolute Gasteiger partial charge is 0.261 e. The van der Waals surface area contributed by atoms with Crippen LogP contribution in [-0.4, -0.2) is 16.8 Å². The van der Waals surface area contributed by atoms with Crippen LogP contribution in [0.15, 0.2) is 29.6 Å². The van der Waals surface area contributed by atoms with Crippen LogP contribution in [0.4, 0.5) is 5.69 Å². The van der Waals surface area contributed by atoms with Crippen LogP contribution in [0.1, 0.15) is 21.7 Å². The molecular formula is C14H9Cl2NO3S. The van der Waals surface area contributed by atoms with E-state index < -0.39 is 11.5 Å². The number of fused-ring (bicyclic) bond motifs is 1. The number of hydrogen-bond donors (Lipinski definition) is 2. The Morgan fingerprint density at radius 3 is 2.81 bits per heavy atom. The highest BCUT2D eigenvalue weighted by molar-refractivity contribution is 7.12. The van der Waals surface area contributed by atoms with Crippen molar-refractivity contribution in [1.82, 2.24) is 0 Å². The molecule has 0 radical (unpaired) electrons. The van der Waals surface area contributed by atoms with Crippen molar-refractivity contribution in [2.75, 3.05) is 5.32 Å². The number of aliphatic hydroxyl groups is 1. The highest BCUT2D eigenvalue weighted by atomic mass is 35.5. The van der Waals surface area contributed by atoms with E-state index in [1.54, 1.807) is 17.5 Å². The van der Waals surface area contributed by atoms with E-state index in [0.717, 1.165) is 0 Å². The summed E-state index contributed by atoms with van der Waals surface area (Å²) in [5.41, 5.74) is -1.44. The highest BCUT2D eigenvalue weighted by Crippen LogP contribution is 2.44. The van der Waals surface area contributed by atoms with Crippen LogP contribution in [-0.2, 0) is 10.4 Å². The molecule has 2 N–H and O–H groups in total. The van der Waals surface area contributed by atoms with Crippen molar-refractivity contribution in [1.29, 1.82) is 0 Å². The predicted octanol–water partition coefficient (Wildman–Crippen LogP) is 3.47. The van der Waals surface area contributed by atoms with Crippen LogP contribution in [0.3, 0.4) is 0 Å². The topological polar surface area (TPSA) is 66.4 Å². The first-order chi connectivity index (χ1) is 9.91. The number of Topliss-reactive ketones (excluding diaryl/α,β-unsaturated/α-hetero) is 1. The van der Waals surface area contributed by atoms with Gasteiger partial charge in [-0.1, -0.05) is 29.3 Å². The van der Waals surface area contributed by atoms with Crippen LogP contribution < -0.4 is 5.32 Å². The molecule has 2 aromatic rings. The molecule has 0 aliphatic carbocycles. The van der Waals surface area contributed by atoms with Crippen LogP contribution >= 0.6 is 34.5 Å². The molecule has 3 rings (SSSR count). The maximum Gasteiger partial charge on any atom is 0.261 e. The average molecular weight is 342 g/mol.